The molecule has 2 rings (SSSR count). The largest absolute Gasteiger partial charge is 0.311 e. The first-order valence-electron chi connectivity index (χ1n) is 7.26. The molecule has 0 radical (unpaired) electrons. The number of hydrogen-bond acceptors (Lipinski definition) is 2. The highest BCUT2D eigenvalue weighted by Gasteiger charge is 2.23. The SMILES string of the molecule is CC(Cc1ccccc1F)NC1CCN(C)C(C)C1. The highest BCUT2D eigenvalue weighted by atomic mass is 19.1. The smallest absolute Gasteiger partial charge is 0.126 e. The van der Waals surface area contributed by atoms with Gasteiger partial charge < -0.3 is 10.2 Å². The molecule has 1 saturated heterocycles. The Morgan fingerprint density at radius 2 is 2.16 bits per heavy atom. The highest BCUT2D eigenvalue weighted by Crippen LogP contribution is 2.17. The van der Waals surface area contributed by atoms with Crippen LogP contribution >= 0.6 is 0 Å². The molecule has 1 heterocycles. The van der Waals surface area contributed by atoms with Crippen molar-refractivity contribution in [2.45, 2.75) is 51.2 Å². The number of nitrogens with one attached hydrogen (secondary N) is 1. The van der Waals surface area contributed by atoms with E-state index in [2.05, 4.69) is 31.1 Å². The van der Waals surface area contributed by atoms with E-state index in [1.54, 1.807) is 12.1 Å². The van der Waals surface area contributed by atoms with Crippen LogP contribution in [0.5, 0.6) is 0 Å². The van der Waals surface area contributed by atoms with Gasteiger partial charge in [0, 0.05) is 18.1 Å². The number of likely N-dealkylation sites (tertiary alicyclic amines) is 1. The van der Waals surface area contributed by atoms with E-state index in [-0.39, 0.29) is 5.82 Å². The lowest BCUT2D eigenvalue weighted by Gasteiger charge is -2.36. The van der Waals surface area contributed by atoms with Gasteiger partial charge in [-0.25, -0.2) is 4.39 Å². The van der Waals surface area contributed by atoms with Gasteiger partial charge in [0.2, 0.25) is 0 Å². The van der Waals surface area contributed by atoms with E-state index in [1.165, 1.54) is 12.8 Å². The van der Waals surface area contributed by atoms with E-state index in [1.807, 2.05) is 12.1 Å². The lowest BCUT2D eigenvalue weighted by atomic mass is 9.97. The minimum absolute atomic E-state index is 0.0899. The number of benzene rings is 1. The number of hydrogen-bond donors (Lipinski definition) is 1. The molecule has 0 bridgehead atoms. The Kier molecular flexibility index (Phi) is 4.94. The molecular formula is C16H25FN2. The van der Waals surface area contributed by atoms with Crippen molar-refractivity contribution in [2.75, 3.05) is 13.6 Å². The van der Waals surface area contributed by atoms with Gasteiger partial charge in [0.15, 0.2) is 0 Å². The maximum absolute atomic E-state index is 13.6. The average Bonchev–Trinajstić information content (AvgIpc) is 2.37. The normalized spacial score (nSPS) is 26.3. The third-order valence-corrected chi connectivity index (χ3v) is 4.21. The zero-order valence-corrected chi connectivity index (χ0v) is 12.2. The maximum Gasteiger partial charge on any atom is 0.126 e. The molecule has 0 spiro atoms. The molecule has 2 nitrogen and oxygen atoms in total. The molecule has 1 N–H and O–H groups in total. The van der Waals surface area contributed by atoms with Crippen LogP contribution in [0.1, 0.15) is 32.3 Å². The van der Waals surface area contributed by atoms with Gasteiger partial charge in [-0.05, 0) is 58.3 Å². The van der Waals surface area contributed by atoms with Crippen molar-refractivity contribution < 1.29 is 4.39 Å². The van der Waals surface area contributed by atoms with Crippen LogP contribution in [0.4, 0.5) is 4.39 Å². The third-order valence-electron chi connectivity index (χ3n) is 4.21. The Morgan fingerprint density at radius 1 is 1.42 bits per heavy atom. The molecule has 0 aromatic heterocycles. The lowest BCUT2D eigenvalue weighted by molar-refractivity contribution is 0.163. The van der Waals surface area contributed by atoms with Crippen molar-refractivity contribution in [3.8, 4) is 0 Å². The van der Waals surface area contributed by atoms with Gasteiger partial charge in [-0.2, -0.15) is 0 Å². The second-order valence-corrected chi connectivity index (χ2v) is 5.91. The summed E-state index contributed by atoms with van der Waals surface area (Å²) in [5.41, 5.74) is 0.809. The van der Waals surface area contributed by atoms with Gasteiger partial charge in [0.1, 0.15) is 5.82 Å². The van der Waals surface area contributed by atoms with Gasteiger partial charge in [0.05, 0.1) is 0 Å². The van der Waals surface area contributed by atoms with Gasteiger partial charge in [-0.15, -0.1) is 0 Å². The molecule has 0 aliphatic carbocycles. The zero-order valence-electron chi connectivity index (χ0n) is 12.2. The summed E-state index contributed by atoms with van der Waals surface area (Å²) in [7, 11) is 2.18. The molecule has 1 aromatic rings. The van der Waals surface area contributed by atoms with Crippen molar-refractivity contribution in [3.63, 3.8) is 0 Å². The Hall–Kier alpha value is -0.930. The van der Waals surface area contributed by atoms with Gasteiger partial charge in [-0.1, -0.05) is 18.2 Å². The summed E-state index contributed by atoms with van der Waals surface area (Å²) >= 11 is 0. The summed E-state index contributed by atoms with van der Waals surface area (Å²) in [6.45, 7) is 5.57. The van der Waals surface area contributed by atoms with Crippen LogP contribution in [0.3, 0.4) is 0 Å². The molecule has 3 unspecified atom stereocenters. The van der Waals surface area contributed by atoms with Crippen LogP contribution < -0.4 is 5.32 Å². The molecular weight excluding hydrogens is 239 g/mol. The molecule has 1 aliphatic rings. The first-order chi connectivity index (χ1) is 9.06. The van der Waals surface area contributed by atoms with Crippen LogP contribution in [0.15, 0.2) is 24.3 Å². The summed E-state index contributed by atoms with van der Waals surface area (Å²) in [4.78, 5) is 2.40. The van der Waals surface area contributed by atoms with Crippen LogP contribution in [-0.4, -0.2) is 36.6 Å². The second kappa shape index (κ2) is 6.49. The fraction of sp³-hybridized carbons (Fsp3) is 0.625. The standard InChI is InChI=1S/C16H25FN2/c1-12(10-14-6-4-5-7-16(14)17)18-15-8-9-19(3)13(2)11-15/h4-7,12-13,15,18H,8-11H2,1-3H3. The van der Waals surface area contributed by atoms with E-state index >= 15 is 0 Å². The number of rotatable bonds is 4. The fourth-order valence-corrected chi connectivity index (χ4v) is 2.90. The first-order valence-corrected chi connectivity index (χ1v) is 7.26. The van der Waals surface area contributed by atoms with Crippen molar-refractivity contribution in [1.29, 1.82) is 0 Å². The molecule has 19 heavy (non-hydrogen) atoms. The van der Waals surface area contributed by atoms with Gasteiger partial charge in [-0.3, -0.25) is 0 Å². The molecule has 0 amide bonds. The fourth-order valence-electron chi connectivity index (χ4n) is 2.90. The minimum atomic E-state index is -0.0899. The monoisotopic (exact) mass is 264 g/mol. The molecule has 1 fully saturated rings. The Bertz CT molecular complexity index is 407. The van der Waals surface area contributed by atoms with E-state index in [9.17, 15) is 4.39 Å². The van der Waals surface area contributed by atoms with Crippen LogP contribution in [0.25, 0.3) is 0 Å². The van der Waals surface area contributed by atoms with E-state index < -0.39 is 0 Å². The molecule has 1 aliphatic heterocycles. The van der Waals surface area contributed by atoms with Gasteiger partial charge in [0.25, 0.3) is 0 Å². The van der Waals surface area contributed by atoms with E-state index in [0.29, 0.717) is 18.1 Å². The minimum Gasteiger partial charge on any atom is -0.311 e. The molecule has 3 heteroatoms. The number of piperidine rings is 1. The second-order valence-electron chi connectivity index (χ2n) is 5.91. The van der Waals surface area contributed by atoms with Crippen LogP contribution in [0, 0.1) is 5.82 Å². The van der Waals surface area contributed by atoms with Crippen molar-refractivity contribution >= 4 is 0 Å². The molecule has 0 saturated carbocycles. The van der Waals surface area contributed by atoms with E-state index in [4.69, 9.17) is 0 Å². The van der Waals surface area contributed by atoms with Gasteiger partial charge >= 0.3 is 0 Å². The van der Waals surface area contributed by atoms with Crippen molar-refractivity contribution in [2.24, 2.45) is 0 Å². The quantitative estimate of drug-likeness (QED) is 0.899. The summed E-state index contributed by atoms with van der Waals surface area (Å²) in [6.07, 6.45) is 3.12. The topological polar surface area (TPSA) is 15.3 Å². The average molecular weight is 264 g/mol. The van der Waals surface area contributed by atoms with Crippen LogP contribution in [-0.2, 0) is 6.42 Å². The Morgan fingerprint density at radius 3 is 2.84 bits per heavy atom. The number of halogens is 1. The summed E-state index contributed by atoms with van der Waals surface area (Å²) in [6, 6.07) is 8.58. The Labute approximate surface area is 116 Å². The number of nitrogens with zero attached hydrogens (tertiary/aromatic N) is 1. The first kappa shape index (κ1) is 14.5. The summed E-state index contributed by atoms with van der Waals surface area (Å²) < 4.78 is 13.6. The summed E-state index contributed by atoms with van der Waals surface area (Å²) in [5.74, 6) is -0.0899. The zero-order chi connectivity index (χ0) is 13.8. The lowest BCUT2D eigenvalue weighted by Crippen LogP contribution is -2.48. The van der Waals surface area contributed by atoms with Crippen LogP contribution in [0.2, 0.25) is 0 Å². The molecule has 3 atom stereocenters. The predicted octanol–water partition coefficient (Wildman–Crippen LogP) is 2.83. The van der Waals surface area contributed by atoms with Crippen molar-refractivity contribution in [3.05, 3.63) is 35.6 Å². The predicted molar refractivity (Wildman–Crippen MR) is 77.8 cm³/mol. The van der Waals surface area contributed by atoms with E-state index in [0.717, 1.165) is 18.5 Å². The summed E-state index contributed by atoms with van der Waals surface area (Å²) in [5, 5.41) is 3.65. The molecule has 1 aromatic carbocycles. The van der Waals surface area contributed by atoms with Crippen molar-refractivity contribution in [1.82, 2.24) is 10.2 Å². The maximum atomic E-state index is 13.6. The third kappa shape index (κ3) is 4.02. The highest BCUT2D eigenvalue weighted by molar-refractivity contribution is 5.18. The Balaban J connectivity index is 1.85. The molecule has 106 valence electrons.